The van der Waals surface area contributed by atoms with E-state index in [0.717, 1.165) is 33.5 Å². The van der Waals surface area contributed by atoms with E-state index in [1.165, 1.54) is 96.4 Å². The number of benzene rings is 8. The van der Waals surface area contributed by atoms with Gasteiger partial charge in [-0.2, -0.15) is 0 Å². The second-order valence-electron chi connectivity index (χ2n) is 17.1. The second kappa shape index (κ2) is 13.9. The first kappa shape index (κ1) is 35.5. The van der Waals surface area contributed by atoms with Gasteiger partial charge in [0.1, 0.15) is 0 Å². The van der Waals surface area contributed by atoms with E-state index in [4.69, 9.17) is 15.0 Å². The van der Waals surface area contributed by atoms with E-state index >= 15 is 0 Å². The highest BCUT2D eigenvalue weighted by Gasteiger charge is 2.44. The molecule has 0 amide bonds. The molecular weight excluding hydrogens is 773 g/mol. The average Bonchev–Trinajstić information content (AvgIpc) is 3.96. The van der Waals surface area contributed by atoms with Gasteiger partial charge >= 0.3 is 0 Å². The number of hydrogen-bond acceptors (Lipinski definition) is 4. The molecule has 1 spiro atoms. The fourth-order valence-electron chi connectivity index (χ4n) is 10.7. The Morgan fingerprint density at radius 1 is 0.387 bits per heavy atom. The molecule has 8 aromatic carbocycles. The summed E-state index contributed by atoms with van der Waals surface area (Å²) in [5.74, 6) is 1.95. The lowest BCUT2D eigenvalue weighted by Crippen LogP contribution is -2.27. The number of thiophene rings is 1. The summed E-state index contributed by atoms with van der Waals surface area (Å²) in [6, 6.07) is 66.2. The van der Waals surface area contributed by atoms with Crippen LogP contribution in [-0.4, -0.2) is 19.5 Å². The summed E-state index contributed by atoms with van der Waals surface area (Å²) >= 11 is 1.87. The van der Waals surface area contributed by atoms with Gasteiger partial charge in [-0.15, -0.1) is 11.3 Å². The van der Waals surface area contributed by atoms with Crippen LogP contribution in [0.3, 0.4) is 0 Å². The molecule has 3 heterocycles. The molecule has 2 aliphatic carbocycles. The normalized spacial score (nSPS) is 14.3. The Morgan fingerprint density at radius 3 is 1.76 bits per heavy atom. The molecule has 5 heteroatoms. The topological polar surface area (TPSA) is 43.6 Å². The number of hydrogen-bond donors (Lipinski definition) is 0. The zero-order valence-electron chi connectivity index (χ0n) is 34.1. The van der Waals surface area contributed by atoms with Gasteiger partial charge in [-0.05, 0) is 82.6 Å². The third-order valence-corrected chi connectivity index (χ3v) is 14.8. The predicted octanol–water partition coefficient (Wildman–Crippen LogP) is 15.2. The summed E-state index contributed by atoms with van der Waals surface area (Å²) in [7, 11) is 0. The first-order chi connectivity index (χ1) is 30.7. The Labute approximate surface area is 363 Å². The zero-order valence-corrected chi connectivity index (χ0v) is 34.9. The largest absolute Gasteiger partial charge is 0.309 e. The molecule has 13 rings (SSSR count). The van der Waals surface area contributed by atoms with E-state index in [0.29, 0.717) is 17.5 Å². The van der Waals surface area contributed by atoms with Gasteiger partial charge in [0.05, 0.1) is 11.0 Å². The minimum Gasteiger partial charge on any atom is -0.309 e. The lowest BCUT2D eigenvalue weighted by molar-refractivity contribution is 0.353. The highest BCUT2D eigenvalue weighted by atomic mass is 32.1. The Kier molecular flexibility index (Phi) is 7.98. The Bertz CT molecular complexity index is 3540. The minimum atomic E-state index is 0.0666. The van der Waals surface area contributed by atoms with Crippen molar-refractivity contribution in [2.24, 2.45) is 0 Å². The van der Waals surface area contributed by atoms with Crippen LogP contribution in [-0.2, 0) is 5.41 Å². The zero-order chi connectivity index (χ0) is 40.8. The highest BCUT2D eigenvalue weighted by Crippen LogP contribution is 2.57. The van der Waals surface area contributed by atoms with Crippen LogP contribution in [0.1, 0.15) is 43.2 Å². The summed E-state index contributed by atoms with van der Waals surface area (Å²) in [5, 5.41) is 5.14. The first-order valence-corrected chi connectivity index (χ1v) is 22.6. The maximum absolute atomic E-state index is 5.23. The quantitative estimate of drug-likeness (QED) is 0.174. The summed E-state index contributed by atoms with van der Waals surface area (Å²) in [5.41, 5.74) is 14.6. The van der Waals surface area contributed by atoms with Crippen LogP contribution >= 0.6 is 11.3 Å². The SMILES string of the molecule is c1ccc(-c2ccc(-c3nc(-c4ccccc4)nc(-c4ccc5c6cc7c(cc6n(-c6ccc8c(c6)sc6ccccc68)c5c4)-c4ccccc4C74CCCCC4)n3)cc2)cc1. The second-order valence-corrected chi connectivity index (χ2v) is 18.1. The molecule has 11 aromatic rings. The molecule has 2 aliphatic rings. The molecular formula is C57H40N4S. The van der Waals surface area contributed by atoms with Gasteiger partial charge in [0.2, 0.25) is 0 Å². The summed E-state index contributed by atoms with van der Waals surface area (Å²) < 4.78 is 5.09. The maximum atomic E-state index is 5.23. The van der Waals surface area contributed by atoms with Crippen molar-refractivity contribution in [1.29, 1.82) is 0 Å². The molecule has 0 bridgehead atoms. The van der Waals surface area contributed by atoms with Crippen LogP contribution < -0.4 is 0 Å². The highest BCUT2D eigenvalue weighted by molar-refractivity contribution is 7.25. The van der Waals surface area contributed by atoms with Crippen LogP contribution in [0.5, 0.6) is 0 Å². The van der Waals surface area contributed by atoms with Crippen molar-refractivity contribution in [1.82, 2.24) is 19.5 Å². The molecule has 0 aliphatic heterocycles. The summed E-state index contributed by atoms with van der Waals surface area (Å²) in [6.07, 6.45) is 6.25. The van der Waals surface area contributed by atoms with Crippen molar-refractivity contribution >= 4 is 53.3 Å². The van der Waals surface area contributed by atoms with Gasteiger partial charge in [0.25, 0.3) is 0 Å². The van der Waals surface area contributed by atoms with Crippen LogP contribution in [0, 0.1) is 0 Å². The Balaban J connectivity index is 1.04. The lowest BCUT2D eigenvalue weighted by atomic mass is 9.68. The summed E-state index contributed by atoms with van der Waals surface area (Å²) in [6.45, 7) is 0. The molecule has 3 aromatic heterocycles. The van der Waals surface area contributed by atoms with Crippen molar-refractivity contribution in [3.8, 4) is 62.1 Å². The van der Waals surface area contributed by atoms with E-state index in [1.807, 2.05) is 35.6 Å². The standard InChI is InChI=1S/C57H40N4S/c1-4-14-36(15-5-1)37-22-24-39(25-23-37)55-58-54(38-16-6-2-7-17-38)59-56(60-55)40-26-28-43-47-34-49-46(42-18-8-10-20-48(42)57(49)30-12-3-13-31-57)35-51(47)61(50(43)32-40)41-27-29-45-44-19-9-11-21-52(44)62-53(45)33-41/h1-2,4-11,14-29,32-35H,3,12-13,30-31H2. The van der Waals surface area contributed by atoms with Crippen molar-refractivity contribution < 1.29 is 0 Å². The van der Waals surface area contributed by atoms with Crippen LogP contribution in [0.25, 0.3) is 104 Å². The molecule has 1 fully saturated rings. The third kappa shape index (κ3) is 5.48. The molecule has 62 heavy (non-hydrogen) atoms. The molecule has 1 saturated carbocycles. The van der Waals surface area contributed by atoms with E-state index in [-0.39, 0.29) is 5.41 Å². The fourth-order valence-corrected chi connectivity index (χ4v) is 11.9. The van der Waals surface area contributed by atoms with Gasteiger partial charge in [-0.3, -0.25) is 0 Å². The Morgan fingerprint density at radius 2 is 0.968 bits per heavy atom. The van der Waals surface area contributed by atoms with Crippen molar-refractivity contribution in [3.05, 3.63) is 193 Å². The fraction of sp³-hybridized carbons (Fsp3) is 0.105. The molecule has 0 saturated heterocycles. The van der Waals surface area contributed by atoms with E-state index in [1.54, 1.807) is 0 Å². The molecule has 0 unspecified atom stereocenters. The van der Waals surface area contributed by atoms with Crippen LogP contribution in [0.4, 0.5) is 0 Å². The minimum absolute atomic E-state index is 0.0666. The molecule has 4 nitrogen and oxygen atoms in total. The van der Waals surface area contributed by atoms with E-state index in [2.05, 4.69) is 162 Å². The summed E-state index contributed by atoms with van der Waals surface area (Å²) in [4.78, 5) is 15.5. The van der Waals surface area contributed by atoms with E-state index in [9.17, 15) is 0 Å². The smallest absolute Gasteiger partial charge is 0.164 e. The maximum Gasteiger partial charge on any atom is 0.164 e. The number of fused-ring (bicyclic) bond motifs is 11. The first-order valence-electron chi connectivity index (χ1n) is 21.8. The number of nitrogens with zero attached hydrogens (tertiary/aromatic N) is 4. The molecule has 0 N–H and O–H groups in total. The Hall–Kier alpha value is -7.21. The molecule has 0 atom stereocenters. The lowest BCUT2D eigenvalue weighted by Gasteiger charge is -2.36. The third-order valence-electron chi connectivity index (χ3n) is 13.7. The predicted molar refractivity (Wildman–Crippen MR) is 258 cm³/mol. The van der Waals surface area contributed by atoms with Crippen LogP contribution in [0.2, 0.25) is 0 Å². The van der Waals surface area contributed by atoms with Crippen molar-refractivity contribution in [2.75, 3.05) is 0 Å². The van der Waals surface area contributed by atoms with Gasteiger partial charge in [-0.25, -0.2) is 15.0 Å². The monoisotopic (exact) mass is 812 g/mol. The van der Waals surface area contributed by atoms with Gasteiger partial charge in [0, 0.05) is 58.7 Å². The number of rotatable bonds is 5. The van der Waals surface area contributed by atoms with Crippen molar-refractivity contribution in [3.63, 3.8) is 0 Å². The van der Waals surface area contributed by atoms with Gasteiger partial charge in [-0.1, -0.05) is 165 Å². The van der Waals surface area contributed by atoms with Gasteiger partial charge in [0.15, 0.2) is 17.5 Å². The van der Waals surface area contributed by atoms with Gasteiger partial charge < -0.3 is 4.57 Å². The average molecular weight is 813 g/mol. The molecule has 294 valence electrons. The molecule has 0 radical (unpaired) electrons. The number of aromatic nitrogens is 4. The van der Waals surface area contributed by atoms with E-state index < -0.39 is 0 Å². The van der Waals surface area contributed by atoms with Crippen molar-refractivity contribution in [2.45, 2.75) is 37.5 Å². The van der Waals surface area contributed by atoms with Crippen LogP contribution in [0.15, 0.2) is 182 Å².